The third kappa shape index (κ3) is 2.35. The van der Waals surface area contributed by atoms with E-state index in [1.54, 1.807) is 18.2 Å². The van der Waals surface area contributed by atoms with Crippen molar-refractivity contribution in [3.63, 3.8) is 0 Å². The monoisotopic (exact) mass is 261 g/mol. The summed E-state index contributed by atoms with van der Waals surface area (Å²) in [6.45, 7) is 8.96. The maximum absolute atomic E-state index is 13.9. The van der Waals surface area contributed by atoms with Crippen molar-refractivity contribution in [1.82, 2.24) is 9.55 Å². The first-order valence-corrected chi connectivity index (χ1v) is 6.47. The zero-order valence-corrected chi connectivity index (χ0v) is 11.9. The summed E-state index contributed by atoms with van der Waals surface area (Å²) in [6.07, 6.45) is 0. The summed E-state index contributed by atoms with van der Waals surface area (Å²) in [4.78, 5) is 4.58. The van der Waals surface area contributed by atoms with Crippen molar-refractivity contribution in [1.29, 1.82) is 0 Å². The number of imidazole rings is 1. The zero-order chi connectivity index (χ0) is 14.2. The molecule has 1 aromatic carbocycles. The summed E-state index contributed by atoms with van der Waals surface area (Å²) in [7, 11) is 0. The van der Waals surface area contributed by atoms with Gasteiger partial charge in [0.05, 0.1) is 0 Å². The lowest BCUT2D eigenvalue weighted by atomic mass is 9.95. The molecule has 2 rings (SSSR count). The molecule has 0 saturated heterocycles. The van der Waals surface area contributed by atoms with E-state index >= 15 is 0 Å². The number of nitrogens with zero attached hydrogens (tertiary/aromatic N) is 2. The van der Waals surface area contributed by atoms with Crippen molar-refractivity contribution in [3.8, 4) is 11.3 Å². The fraction of sp³-hybridized carbons (Fsp3) is 0.400. The van der Waals surface area contributed by atoms with Crippen LogP contribution in [0.5, 0.6) is 0 Å². The molecule has 4 heteroatoms. The largest absolute Gasteiger partial charge is 0.383 e. The number of hydrogen-bond acceptors (Lipinski definition) is 2. The maximum Gasteiger partial charge on any atom is 0.132 e. The number of aromatic nitrogens is 2. The van der Waals surface area contributed by atoms with Gasteiger partial charge in [-0.25, -0.2) is 9.37 Å². The molecule has 0 amide bonds. The van der Waals surface area contributed by atoms with Gasteiger partial charge >= 0.3 is 0 Å². The van der Waals surface area contributed by atoms with E-state index in [-0.39, 0.29) is 11.2 Å². The van der Waals surface area contributed by atoms with E-state index in [2.05, 4.69) is 25.8 Å². The number of rotatable bonds is 2. The molecule has 0 radical (unpaired) electrons. The van der Waals surface area contributed by atoms with Gasteiger partial charge in [-0.15, -0.1) is 0 Å². The Labute approximate surface area is 113 Å². The van der Waals surface area contributed by atoms with Gasteiger partial charge in [-0.2, -0.15) is 0 Å². The van der Waals surface area contributed by atoms with E-state index < -0.39 is 0 Å². The van der Waals surface area contributed by atoms with Crippen LogP contribution in [0.2, 0.25) is 0 Å². The summed E-state index contributed by atoms with van der Waals surface area (Å²) in [5, 5.41) is 0. The number of hydrogen-bond donors (Lipinski definition) is 1. The van der Waals surface area contributed by atoms with Gasteiger partial charge in [0.1, 0.15) is 23.2 Å². The molecule has 1 aromatic heterocycles. The van der Waals surface area contributed by atoms with Gasteiger partial charge in [0.2, 0.25) is 0 Å². The molecular formula is C15H20FN3. The number of benzene rings is 1. The SMILES string of the molecule is CCn1c(C(C)(C)C)nc(-c2ccccc2F)c1N. The molecule has 2 N–H and O–H groups in total. The number of nitrogens with two attached hydrogens (primary N) is 1. The lowest BCUT2D eigenvalue weighted by Gasteiger charge is -2.19. The molecular weight excluding hydrogens is 241 g/mol. The molecule has 0 saturated carbocycles. The highest BCUT2D eigenvalue weighted by atomic mass is 19.1. The van der Waals surface area contributed by atoms with Gasteiger partial charge in [0.25, 0.3) is 0 Å². The highest BCUT2D eigenvalue weighted by molar-refractivity contribution is 5.71. The third-order valence-electron chi connectivity index (χ3n) is 3.12. The van der Waals surface area contributed by atoms with Crippen molar-refractivity contribution in [2.24, 2.45) is 0 Å². The van der Waals surface area contributed by atoms with Crippen LogP contribution in [0.4, 0.5) is 10.2 Å². The highest BCUT2D eigenvalue weighted by Gasteiger charge is 2.25. The average molecular weight is 261 g/mol. The first kappa shape index (κ1) is 13.6. The Bertz CT molecular complexity index is 594. The van der Waals surface area contributed by atoms with E-state index in [1.807, 2.05) is 11.5 Å². The Morgan fingerprint density at radius 2 is 1.89 bits per heavy atom. The molecule has 0 spiro atoms. The summed E-state index contributed by atoms with van der Waals surface area (Å²) in [5.74, 6) is 1.11. The Hall–Kier alpha value is -1.84. The summed E-state index contributed by atoms with van der Waals surface area (Å²) >= 11 is 0. The fourth-order valence-corrected chi connectivity index (χ4v) is 2.21. The minimum absolute atomic E-state index is 0.131. The maximum atomic E-state index is 13.9. The Morgan fingerprint density at radius 1 is 1.26 bits per heavy atom. The molecule has 102 valence electrons. The van der Waals surface area contributed by atoms with Crippen molar-refractivity contribution in [2.75, 3.05) is 5.73 Å². The Balaban J connectivity index is 2.67. The molecule has 0 aliphatic rings. The molecule has 0 unspecified atom stereocenters. The van der Waals surface area contributed by atoms with E-state index in [0.29, 0.717) is 17.1 Å². The zero-order valence-electron chi connectivity index (χ0n) is 11.9. The second-order valence-electron chi connectivity index (χ2n) is 5.64. The average Bonchev–Trinajstić information content (AvgIpc) is 2.67. The number of halogens is 1. The van der Waals surface area contributed by atoms with Crippen LogP contribution in [-0.4, -0.2) is 9.55 Å². The lowest BCUT2D eigenvalue weighted by molar-refractivity contribution is 0.508. The van der Waals surface area contributed by atoms with Crippen LogP contribution in [0.3, 0.4) is 0 Å². The first-order valence-electron chi connectivity index (χ1n) is 6.47. The molecule has 1 heterocycles. The second kappa shape index (κ2) is 4.68. The molecule has 0 fully saturated rings. The molecule has 0 aliphatic heterocycles. The highest BCUT2D eigenvalue weighted by Crippen LogP contribution is 2.32. The van der Waals surface area contributed by atoms with Crippen molar-refractivity contribution >= 4 is 5.82 Å². The van der Waals surface area contributed by atoms with Gasteiger partial charge in [0.15, 0.2) is 0 Å². The predicted molar refractivity (Wildman–Crippen MR) is 76.4 cm³/mol. The number of nitrogen functional groups attached to an aromatic ring is 1. The standard InChI is InChI=1S/C15H20FN3/c1-5-19-13(17)12(18-14(19)15(2,3)4)10-8-6-7-9-11(10)16/h6-9H,5,17H2,1-4H3. The molecule has 0 aliphatic carbocycles. The minimum Gasteiger partial charge on any atom is -0.383 e. The topological polar surface area (TPSA) is 43.8 Å². The van der Waals surface area contributed by atoms with Crippen molar-refractivity contribution < 1.29 is 4.39 Å². The van der Waals surface area contributed by atoms with E-state index in [9.17, 15) is 4.39 Å². The van der Waals surface area contributed by atoms with Gasteiger partial charge in [-0.3, -0.25) is 0 Å². The molecule has 0 atom stereocenters. The van der Waals surface area contributed by atoms with E-state index in [4.69, 9.17) is 5.73 Å². The van der Waals surface area contributed by atoms with Crippen LogP contribution < -0.4 is 5.73 Å². The van der Waals surface area contributed by atoms with Crippen LogP contribution in [0.1, 0.15) is 33.5 Å². The summed E-state index contributed by atoms with van der Waals surface area (Å²) < 4.78 is 15.8. The van der Waals surface area contributed by atoms with E-state index in [0.717, 1.165) is 12.4 Å². The fourth-order valence-electron chi connectivity index (χ4n) is 2.21. The molecule has 19 heavy (non-hydrogen) atoms. The van der Waals surface area contributed by atoms with Gasteiger partial charge < -0.3 is 10.3 Å². The molecule has 2 aromatic rings. The van der Waals surface area contributed by atoms with Crippen LogP contribution >= 0.6 is 0 Å². The first-order chi connectivity index (χ1) is 8.86. The normalized spacial score (nSPS) is 11.8. The summed E-state index contributed by atoms with van der Waals surface area (Å²) in [5.41, 5.74) is 7.00. The quantitative estimate of drug-likeness (QED) is 0.897. The van der Waals surface area contributed by atoms with Gasteiger partial charge in [-0.05, 0) is 19.1 Å². The smallest absolute Gasteiger partial charge is 0.132 e. The Morgan fingerprint density at radius 3 is 2.37 bits per heavy atom. The van der Waals surface area contributed by atoms with Crippen LogP contribution in [0.25, 0.3) is 11.3 Å². The van der Waals surface area contributed by atoms with E-state index in [1.165, 1.54) is 6.07 Å². The van der Waals surface area contributed by atoms with Crippen LogP contribution in [-0.2, 0) is 12.0 Å². The van der Waals surface area contributed by atoms with Crippen LogP contribution in [0, 0.1) is 5.82 Å². The van der Waals surface area contributed by atoms with Gasteiger partial charge in [-0.1, -0.05) is 32.9 Å². The van der Waals surface area contributed by atoms with Gasteiger partial charge in [0, 0.05) is 17.5 Å². The second-order valence-corrected chi connectivity index (χ2v) is 5.64. The lowest BCUT2D eigenvalue weighted by Crippen LogP contribution is -2.19. The van der Waals surface area contributed by atoms with Crippen LogP contribution in [0.15, 0.2) is 24.3 Å². The molecule has 0 bridgehead atoms. The minimum atomic E-state index is -0.296. The molecule has 3 nitrogen and oxygen atoms in total. The third-order valence-corrected chi connectivity index (χ3v) is 3.12. The summed E-state index contributed by atoms with van der Waals surface area (Å²) in [6, 6.07) is 6.59. The Kier molecular flexibility index (Phi) is 3.35. The number of anilines is 1. The van der Waals surface area contributed by atoms with Crippen molar-refractivity contribution in [2.45, 2.75) is 39.7 Å². The van der Waals surface area contributed by atoms with Crippen molar-refractivity contribution in [3.05, 3.63) is 35.9 Å². The predicted octanol–water partition coefficient (Wildman–Crippen LogP) is 3.59.